The quantitative estimate of drug-likeness (QED) is 0.559. The summed E-state index contributed by atoms with van der Waals surface area (Å²) < 4.78 is 0. The van der Waals surface area contributed by atoms with Crippen molar-refractivity contribution < 1.29 is 0 Å². The van der Waals surface area contributed by atoms with Gasteiger partial charge in [0.25, 0.3) is 0 Å². The van der Waals surface area contributed by atoms with Crippen LogP contribution in [0.1, 0.15) is 20.8 Å². The van der Waals surface area contributed by atoms with E-state index >= 15 is 0 Å². The molecule has 0 aromatic carbocycles. The number of hydrogen-bond acceptors (Lipinski definition) is 0. The molecule has 0 fully saturated rings. The lowest BCUT2D eigenvalue weighted by Crippen LogP contribution is -1.80. The average Bonchev–Trinajstić information content (AvgIpc) is 2.18. The number of rotatable bonds is 5. The minimum atomic E-state index is 0.472. The zero-order valence-electron chi connectivity index (χ0n) is 9.40. The molecule has 0 heterocycles. The van der Waals surface area contributed by atoms with Crippen LogP contribution in [0.5, 0.6) is 0 Å². The van der Waals surface area contributed by atoms with Crippen molar-refractivity contribution in [1.29, 1.82) is 0 Å². The molecule has 0 saturated carbocycles. The van der Waals surface area contributed by atoms with Gasteiger partial charge in [-0.2, -0.15) is 0 Å². The fourth-order valence-corrected chi connectivity index (χ4v) is 0.865. The van der Waals surface area contributed by atoms with E-state index in [1.165, 1.54) is 5.57 Å². The molecule has 14 heavy (non-hydrogen) atoms. The van der Waals surface area contributed by atoms with Gasteiger partial charge < -0.3 is 0 Å². The fraction of sp³-hybridized carbons (Fsp3) is 0.286. The summed E-state index contributed by atoms with van der Waals surface area (Å²) in [5.41, 5.74) is 1.19. The Morgan fingerprint density at radius 1 is 1.14 bits per heavy atom. The van der Waals surface area contributed by atoms with E-state index in [1.54, 1.807) is 0 Å². The van der Waals surface area contributed by atoms with E-state index in [-0.39, 0.29) is 0 Å². The molecule has 1 atom stereocenters. The Morgan fingerprint density at radius 2 is 1.79 bits per heavy atom. The standard InChI is InChI=1S/C14H20/c1-5-7-8-10-14(4)12-9-11-13(3)6-2/h5-12,14H,2H2,1,3-4H3/b7-5+,10-8-,12-9+,13-11+. The Labute approximate surface area is 88.0 Å². The van der Waals surface area contributed by atoms with E-state index < -0.39 is 0 Å². The normalized spacial score (nSPS) is 15.8. The predicted octanol–water partition coefficient (Wildman–Crippen LogP) is 4.44. The smallest absolute Gasteiger partial charge is 0.00756 e. The van der Waals surface area contributed by atoms with Gasteiger partial charge in [-0.05, 0) is 19.8 Å². The molecule has 0 amide bonds. The lowest BCUT2D eigenvalue weighted by Gasteiger charge is -1.94. The van der Waals surface area contributed by atoms with Crippen molar-refractivity contribution >= 4 is 0 Å². The SMILES string of the molecule is C=C/C(C)=C/C=C/C(C)/C=C\C=C\C. The first-order valence-corrected chi connectivity index (χ1v) is 4.97. The van der Waals surface area contributed by atoms with Gasteiger partial charge in [0.2, 0.25) is 0 Å². The largest absolute Gasteiger partial charge is 0.0988 e. The molecule has 1 unspecified atom stereocenters. The Morgan fingerprint density at radius 3 is 2.36 bits per heavy atom. The van der Waals surface area contributed by atoms with Gasteiger partial charge in [0, 0.05) is 0 Å². The fourth-order valence-electron chi connectivity index (χ4n) is 0.865. The van der Waals surface area contributed by atoms with Gasteiger partial charge in [0.1, 0.15) is 0 Å². The van der Waals surface area contributed by atoms with Crippen LogP contribution < -0.4 is 0 Å². The first-order valence-electron chi connectivity index (χ1n) is 4.97. The molecule has 0 heteroatoms. The second kappa shape index (κ2) is 8.31. The summed E-state index contributed by atoms with van der Waals surface area (Å²) in [5.74, 6) is 0.472. The summed E-state index contributed by atoms with van der Waals surface area (Å²) in [6.45, 7) is 9.91. The van der Waals surface area contributed by atoms with Crippen LogP contribution in [-0.2, 0) is 0 Å². The third-order valence-corrected chi connectivity index (χ3v) is 1.81. The first kappa shape index (κ1) is 12.7. The molecule has 76 valence electrons. The van der Waals surface area contributed by atoms with Crippen molar-refractivity contribution in [2.75, 3.05) is 0 Å². The Bertz CT molecular complexity index is 262. The van der Waals surface area contributed by atoms with Crippen LogP contribution in [-0.4, -0.2) is 0 Å². The van der Waals surface area contributed by atoms with Gasteiger partial charge in [-0.3, -0.25) is 0 Å². The predicted molar refractivity (Wildman–Crippen MR) is 66.2 cm³/mol. The minimum Gasteiger partial charge on any atom is -0.0988 e. The lowest BCUT2D eigenvalue weighted by atomic mass is 10.1. The lowest BCUT2D eigenvalue weighted by molar-refractivity contribution is 0.940. The maximum absolute atomic E-state index is 3.69. The molecule has 0 aromatic heterocycles. The molecule has 0 spiro atoms. The van der Waals surface area contributed by atoms with E-state index in [0.717, 1.165) is 0 Å². The Kier molecular flexibility index (Phi) is 7.53. The van der Waals surface area contributed by atoms with Crippen molar-refractivity contribution in [2.24, 2.45) is 5.92 Å². The zero-order chi connectivity index (χ0) is 10.8. The van der Waals surface area contributed by atoms with Crippen LogP contribution in [0.4, 0.5) is 0 Å². The molecular weight excluding hydrogens is 168 g/mol. The summed E-state index contributed by atoms with van der Waals surface area (Å²) in [4.78, 5) is 0. The summed E-state index contributed by atoms with van der Waals surface area (Å²) in [5, 5.41) is 0. The Hall–Kier alpha value is -1.30. The molecular formula is C14H20. The maximum atomic E-state index is 3.69. The van der Waals surface area contributed by atoms with Gasteiger partial charge in [-0.15, -0.1) is 0 Å². The highest BCUT2D eigenvalue weighted by Crippen LogP contribution is 2.01. The molecule has 0 aromatic rings. The van der Waals surface area contributed by atoms with Gasteiger partial charge in [-0.1, -0.05) is 67.7 Å². The molecule has 0 aliphatic heterocycles. The van der Waals surface area contributed by atoms with Crippen LogP contribution in [0.2, 0.25) is 0 Å². The molecule has 0 rings (SSSR count). The van der Waals surface area contributed by atoms with Crippen LogP contribution in [0.3, 0.4) is 0 Å². The topological polar surface area (TPSA) is 0 Å². The van der Waals surface area contributed by atoms with Crippen LogP contribution in [0, 0.1) is 5.92 Å². The minimum absolute atomic E-state index is 0.472. The summed E-state index contributed by atoms with van der Waals surface area (Å²) in [6, 6.07) is 0. The number of hydrogen-bond donors (Lipinski definition) is 0. The van der Waals surface area contributed by atoms with Crippen molar-refractivity contribution in [3.05, 3.63) is 60.8 Å². The third-order valence-electron chi connectivity index (χ3n) is 1.81. The second-order valence-corrected chi connectivity index (χ2v) is 3.27. The van der Waals surface area contributed by atoms with Crippen molar-refractivity contribution in [1.82, 2.24) is 0 Å². The van der Waals surface area contributed by atoms with Gasteiger partial charge >= 0.3 is 0 Å². The zero-order valence-corrected chi connectivity index (χ0v) is 9.40. The van der Waals surface area contributed by atoms with Gasteiger partial charge in [0.15, 0.2) is 0 Å². The maximum Gasteiger partial charge on any atom is -0.00756 e. The van der Waals surface area contributed by atoms with Gasteiger partial charge in [-0.25, -0.2) is 0 Å². The highest BCUT2D eigenvalue weighted by molar-refractivity contribution is 5.20. The van der Waals surface area contributed by atoms with Crippen molar-refractivity contribution in [3.8, 4) is 0 Å². The van der Waals surface area contributed by atoms with Gasteiger partial charge in [0.05, 0.1) is 0 Å². The molecule has 0 N–H and O–H groups in total. The number of allylic oxidation sites excluding steroid dienone is 9. The summed E-state index contributed by atoms with van der Waals surface area (Å²) in [7, 11) is 0. The van der Waals surface area contributed by atoms with Crippen LogP contribution in [0.15, 0.2) is 60.8 Å². The second-order valence-electron chi connectivity index (χ2n) is 3.27. The molecule has 0 aliphatic carbocycles. The third kappa shape index (κ3) is 7.35. The Balaban J connectivity index is 4.05. The van der Waals surface area contributed by atoms with Crippen molar-refractivity contribution in [3.63, 3.8) is 0 Å². The molecule has 0 radical (unpaired) electrons. The summed E-state index contributed by atoms with van der Waals surface area (Å²) in [6.07, 6.45) is 16.4. The molecule has 0 saturated heterocycles. The van der Waals surface area contributed by atoms with Crippen LogP contribution >= 0.6 is 0 Å². The van der Waals surface area contributed by atoms with E-state index in [1.807, 2.05) is 32.1 Å². The highest BCUT2D eigenvalue weighted by Gasteiger charge is 1.85. The monoisotopic (exact) mass is 188 g/mol. The average molecular weight is 188 g/mol. The van der Waals surface area contributed by atoms with Crippen LogP contribution in [0.25, 0.3) is 0 Å². The summed E-state index contributed by atoms with van der Waals surface area (Å²) >= 11 is 0. The van der Waals surface area contributed by atoms with E-state index in [9.17, 15) is 0 Å². The van der Waals surface area contributed by atoms with E-state index in [2.05, 4.69) is 43.9 Å². The molecule has 0 aliphatic rings. The molecule has 0 nitrogen and oxygen atoms in total. The van der Waals surface area contributed by atoms with E-state index in [4.69, 9.17) is 0 Å². The van der Waals surface area contributed by atoms with Crippen molar-refractivity contribution in [2.45, 2.75) is 20.8 Å². The molecule has 0 bridgehead atoms. The highest BCUT2D eigenvalue weighted by atomic mass is 13.9. The van der Waals surface area contributed by atoms with E-state index in [0.29, 0.717) is 5.92 Å². The first-order chi connectivity index (χ1) is 6.70.